The molecule has 1 aliphatic rings. The summed E-state index contributed by atoms with van der Waals surface area (Å²) in [6.45, 7) is 5.53. The van der Waals surface area contributed by atoms with Crippen LogP contribution in [0.15, 0.2) is 29.6 Å². The summed E-state index contributed by atoms with van der Waals surface area (Å²) in [7, 11) is 0. The second kappa shape index (κ2) is 5.59. The fourth-order valence-electron chi connectivity index (χ4n) is 2.86. The molecule has 1 aliphatic heterocycles. The maximum Gasteiger partial charge on any atom is 0.0674 e. The number of nitrogens with zero attached hydrogens (tertiary/aromatic N) is 1. The number of morpholine rings is 1. The van der Waals surface area contributed by atoms with E-state index >= 15 is 0 Å². The molecule has 2 unspecified atom stereocenters. The number of hydrogen-bond donors (Lipinski definition) is 1. The first-order valence-electron chi connectivity index (χ1n) is 6.81. The third-order valence-corrected chi connectivity index (χ3v) is 4.79. The average molecular weight is 276 g/mol. The summed E-state index contributed by atoms with van der Waals surface area (Å²) >= 11 is 1.81. The average Bonchev–Trinajstić information content (AvgIpc) is 2.84. The lowest BCUT2D eigenvalue weighted by Gasteiger charge is -2.36. The highest BCUT2D eigenvalue weighted by molar-refractivity contribution is 7.17. The normalized spacial score (nSPS) is 22.7. The third kappa shape index (κ3) is 2.54. The summed E-state index contributed by atoms with van der Waals surface area (Å²) in [6, 6.07) is 8.89. The molecular weight excluding hydrogens is 256 g/mol. The van der Waals surface area contributed by atoms with Crippen molar-refractivity contribution in [1.82, 2.24) is 4.90 Å². The summed E-state index contributed by atoms with van der Waals surface area (Å²) in [4.78, 5) is 2.46. The fourth-order valence-corrected chi connectivity index (χ4v) is 3.87. The highest BCUT2D eigenvalue weighted by atomic mass is 32.1. The van der Waals surface area contributed by atoms with Crippen LogP contribution in [0.4, 0.5) is 0 Å². The van der Waals surface area contributed by atoms with Crippen LogP contribution in [0.25, 0.3) is 10.1 Å². The van der Waals surface area contributed by atoms with Crippen LogP contribution in [0.3, 0.4) is 0 Å². The van der Waals surface area contributed by atoms with E-state index in [0.29, 0.717) is 18.7 Å². The molecule has 0 saturated carbocycles. The lowest BCUT2D eigenvalue weighted by Crippen LogP contribution is -2.45. The number of ether oxygens (including phenoxy) is 1. The van der Waals surface area contributed by atoms with Crippen molar-refractivity contribution >= 4 is 21.4 Å². The highest BCUT2D eigenvalue weighted by Crippen LogP contribution is 2.33. The first-order chi connectivity index (χ1) is 9.29. The van der Waals surface area contributed by atoms with Crippen LogP contribution in [0.2, 0.25) is 0 Å². The van der Waals surface area contributed by atoms with Gasteiger partial charge in [0.1, 0.15) is 0 Å². The Morgan fingerprint density at radius 2 is 2.32 bits per heavy atom. The maximum atomic E-state index is 6.05. The van der Waals surface area contributed by atoms with Crippen LogP contribution in [0.5, 0.6) is 0 Å². The van der Waals surface area contributed by atoms with Gasteiger partial charge in [0.25, 0.3) is 0 Å². The minimum atomic E-state index is 0.299. The van der Waals surface area contributed by atoms with Gasteiger partial charge in [-0.1, -0.05) is 18.2 Å². The Morgan fingerprint density at radius 3 is 3.11 bits per heavy atom. The lowest BCUT2D eigenvalue weighted by atomic mass is 10.0. The van der Waals surface area contributed by atoms with Crippen LogP contribution in [0, 0.1) is 0 Å². The van der Waals surface area contributed by atoms with E-state index in [1.807, 2.05) is 11.3 Å². The SMILES string of the molecule is CC1CN(C(CN)c2csc3ccccc23)CCO1. The van der Waals surface area contributed by atoms with Gasteiger partial charge in [0.2, 0.25) is 0 Å². The van der Waals surface area contributed by atoms with Crippen LogP contribution in [0.1, 0.15) is 18.5 Å². The van der Waals surface area contributed by atoms with E-state index in [9.17, 15) is 0 Å². The van der Waals surface area contributed by atoms with Gasteiger partial charge in [0.15, 0.2) is 0 Å². The molecule has 0 bridgehead atoms. The first-order valence-corrected chi connectivity index (χ1v) is 7.69. The van der Waals surface area contributed by atoms with Crippen molar-refractivity contribution in [2.75, 3.05) is 26.2 Å². The Morgan fingerprint density at radius 1 is 1.47 bits per heavy atom. The zero-order valence-electron chi connectivity index (χ0n) is 11.2. The van der Waals surface area contributed by atoms with Gasteiger partial charge in [0, 0.05) is 30.4 Å². The van der Waals surface area contributed by atoms with Crippen molar-refractivity contribution in [3.8, 4) is 0 Å². The van der Waals surface area contributed by atoms with Gasteiger partial charge in [-0.05, 0) is 29.3 Å². The van der Waals surface area contributed by atoms with Gasteiger partial charge >= 0.3 is 0 Å². The van der Waals surface area contributed by atoms with Crippen molar-refractivity contribution in [3.63, 3.8) is 0 Å². The number of rotatable bonds is 3. The summed E-state index contributed by atoms with van der Waals surface area (Å²) in [5.41, 5.74) is 7.43. The van der Waals surface area contributed by atoms with E-state index in [0.717, 1.165) is 19.7 Å². The Bertz CT molecular complexity index is 554. The van der Waals surface area contributed by atoms with Crippen LogP contribution in [-0.4, -0.2) is 37.2 Å². The molecule has 2 atom stereocenters. The third-order valence-electron chi connectivity index (χ3n) is 3.81. The molecule has 102 valence electrons. The maximum absolute atomic E-state index is 6.05. The molecule has 0 spiro atoms. The molecule has 2 heterocycles. The number of benzene rings is 1. The molecule has 19 heavy (non-hydrogen) atoms. The van der Waals surface area contributed by atoms with Crippen molar-refractivity contribution in [3.05, 3.63) is 35.2 Å². The second-order valence-corrected chi connectivity index (χ2v) is 6.03. The number of fused-ring (bicyclic) bond motifs is 1. The van der Waals surface area contributed by atoms with Crippen molar-refractivity contribution in [1.29, 1.82) is 0 Å². The Kier molecular flexibility index (Phi) is 3.84. The minimum Gasteiger partial charge on any atom is -0.376 e. The predicted octanol–water partition coefficient (Wildman–Crippen LogP) is 2.62. The molecule has 3 rings (SSSR count). The molecule has 0 aliphatic carbocycles. The van der Waals surface area contributed by atoms with Gasteiger partial charge in [-0.3, -0.25) is 4.90 Å². The Labute approximate surface area is 118 Å². The van der Waals surface area contributed by atoms with Gasteiger partial charge < -0.3 is 10.5 Å². The monoisotopic (exact) mass is 276 g/mol. The number of hydrogen-bond acceptors (Lipinski definition) is 4. The molecule has 0 radical (unpaired) electrons. The first kappa shape index (κ1) is 13.1. The molecule has 1 fully saturated rings. The van der Waals surface area contributed by atoms with Crippen LogP contribution < -0.4 is 5.73 Å². The quantitative estimate of drug-likeness (QED) is 0.936. The van der Waals surface area contributed by atoms with E-state index in [1.165, 1.54) is 15.6 Å². The van der Waals surface area contributed by atoms with Gasteiger partial charge in [0.05, 0.1) is 12.7 Å². The standard InChI is InChI=1S/C15H20N2OS/c1-11-9-17(6-7-18-11)14(8-16)13-10-19-15-5-3-2-4-12(13)15/h2-5,10-11,14H,6-9,16H2,1H3. The Balaban J connectivity index is 1.93. The molecule has 3 nitrogen and oxygen atoms in total. The topological polar surface area (TPSA) is 38.5 Å². The number of thiophene rings is 1. The zero-order valence-corrected chi connectivity index (χ0v) is 12.0. The lowest BCUT2D eigenvalue weighted by molar-refractivity contribution is -0.0330. The van der Waals surface area contributed by atoms with Gasteiger partial charge in [-0.15, -0.1) is 11.3 Å². The highest BCUT2D eigenvalue weighted by Gasteiger charge is 2.26. The predicted molar refractivity (Wildman–Crippen MR) is 80.6 cm³/mol. The molecule has 1 saturated heterocycles. The van der Waals surface area contributed by atoms with E-state index in [2.05, 4.69) is 41.5 Å². The van der Waals surface area contributed by atoms with E-state index in [-0.39, 0.29) is 0 Å². The summed E-state index contributed by atoms with van der Waals surface area (Å²) in [5, 5.41) is 3.62. The van der Waals surface area contributed by atoms with Crippen LogP contribution >= 0.6 is 11.3 Å². The fraction of sp³-hybridized carbons (Fsp3) is 0.467. The molecule has 1 aromatic carbocycles. The van der Waals surface area contributed by atoms with Crippen LogP contribution in [-0.2, 0) is 4.74 Å². The van der Waals surface area contributed by atoms with Crippen molar-refractivity contribution < 1.29 is 4.74 Å². The molecule has 0 amide bonds. The summed E-state index contributed by atoms with van der Waals surface area (Å²) in [5.74, 6) is 0. The summed E-state index contributed by atoms with van der Waals surface area (Å²) < 4.78 is 6.97. The van der Waals surface area contributed by atoms with Gasteiger partial charge in [-0.25, -0.2) is 0 Å². The smallest absolute Gasteiger partial charge is 0.0674 e. The minimum absolute atomic E-state index is 0.299. The molecular formula is C15H20N2OS. The largest absolute Gasteiger partial charge is 0.376 e. The Hall–Kier alpha value is -0.940. The summed E-state index contributed by atoms with van der Waals surface area (Å²) in [6.07, 6.45) is 0.299. The zero-order chi connectivity index (χ0) is 13.2. The van der Waals surface area contributed by atoms with E-state index in [4.69, 9.17) is 10.5 Å². The van der Waals surface area contributed by atoms with E-state index < -0.39 is 0 Å². The number of nitrogens with two attached hydrogens (primary N) is 1. The van der Waals surface area contributed by atoms with Crippen molar-refractivity contribution in [2.45, 2.75) is 19.1 Å². The molecule has 2 N–H and O–H groups in total. The van der Waals surface area contributed by atoms with Gasteiger partial charge in [-0.2, -0.15) is 0 Å². The molecule has 1 aromatic heterocycles. The second-order valence-electron chi connectivity index (χ2n) is 5.12. The molecule has 4 heteroatoms. The van der Waals surface area contributed by atoms with E-state index in [1.54, 1.807) is 0 Å². The van der Waals surface area contributed by atoms with Crippen molar-refractivity contribution in [2.24, 2.45) is 5.73 Å². The molecule has 2 aromatic rings.